The van der Waals surface area contributed by atoms with E-state index in [-0.39, 0.29) is 0 Å². The number of rotatable bonds is 3. The van der Waals surface area contributed by atoms with Gasteiger partial charge in [-0.05, 0) is 25.0 Å². The van der Waals surface area contributed by atoms with Crippen LogP contribution in [-0.2, 0) is 0 Å². The quantitative estimate of drug-likeness (QED) is 0.440. The predicted molar refractivity (Wildman–Crippen MR) is 45.4 cm³/mol. The Morgan fingerprint density at radius 1 is 1.60 bits per heavy atom. The predicted octanol–water partition coefficient (Wildman–Crippen LogP) is 2.57. The molecule has 0 fully saturated rings. The van der Waals surface area contributed by atoms with Gasteiger partial charge in [-0.25, -0.2) is 0 Å². The van der Waals surface area contributed by atoms with Crippen LogP contribution in [0.15, 0.2) is 17.1 Å². The third-order valence-electron chi connectivity index (χ3n) is 1.50. The van der Waals surface area contributed by atoms with E-state index in [1.54, 1.807) is 6.21 Å². The molecule has 0 aliphatic carbocycles. The molecule has 0 aromatic rings. The summed E-state index contributed by atoms with van der Waals surface area (Å²) < 4.78 is 0. The molecular formula is C8H11ClN. The van der Waals surface area contributed by atoms with Crippen LogP contribution >= 0.6 is 11.6 Å². The number of unbranched alkanes of at least 4 members (excludes halogenated alkanes) is 1. The summed E-state index contributed by atoms with van der Waals surface area (Å²) in [5, 5.41) is 0. The van der Waals surface area contributed by atoms with Gasteiger partial charge >= 0.3 is 0 Å². The maximum absolute atomic E-state index is 6.04. The van der Waals surface area contributed by atoms with Gasteiger partial charge in [0.15, 0.2) is 5.00 Å². The van der Waals surface area contributed by atoms with E-state index in [4.69, 9.17) is 11.6 Å². The van der Waals surface area contributed by atoms with Crippen LogP contribution < -0.4 is 0 Å². The zero-order valence-corrected chi connectivity index (χ0v) is 6.64. The number of hydrogen-bond donors (Lipinski definition) is 0. The van der Waals surface area contributed by atoms with Crippen LogP contribution in [0.2, 0.25) is 0 Å². The Labute approximate surface area is 66.8 Å². The van der Waals surface area contributed by atoms with Crippen molar-refractivity contribution < 1.29 is 0 Å². The van der Waals surface area contributed by atoms with Crippen molar-refractivity contribution >= 4 is 17.8 Å². The summed E-state index contributed by atoms with van der Waals surface area (Å²) in [4.78, 5) is 3.67. The topological polar surface area (TPSA) is 12.4 Å². The van der Waals surface area contributed by atoms with Crippen LogP contribution in [0.4, 0.5) is 0 Å². The number of halogens is 1. The Morgan fingerprint density at radius 2 is 2.40 bits per heavy atom. The minimum absolute atomic E-state index is 0.433. The highest BCUT2D eigenvalue weighted by atomic mass is 35.5. The summed E-state index contributed by atoms with van der Waals surface area (Å²) in [6.07, 6.45) is 8.41. The first-order valence-corrected chi connectivity index (χ1v) is 3.86. The van der Waals surface area contributed by atoms with Gasteiger partial charge in [0, 0.05) is 6.21 Å². The average Bonchev–Trinajstić information content (AvgIpc) is 2.33. The van der Waals surface area contributed by atoms with E-state index in [1.807, 2.05) is 12.2 Å². The van der Waals surface area contributed by atoms with Crippen LogP contribution in [0, 0.1) is 6.92 Å². The van der Waals surface area contributed by atoms with Crippen molar-refractivity contribution in [3.63, 3.8) is 0 Å². The summed E-state index contributed by atoms with van der Waals surface area (Å²) in [6, 6.07) is 0. The van der Waals surface area contributed by atoms with E-state index < -0.39 is 5.00 Å². The van der Waals surface area contributed by atoms with Crippen LogP contribution in [0.5, 0.6) is 0 Å². The van der Waals surface area contributed by atoms with Crippen molar-refractivity contribution in [2.75, 3.05) is 0 Å². The highest BCUT2D eigenvalue weighted by Crippen LogP contribution is 2.27. The Morgan fingerprint density at radius 3 is 2.90 bits per heavy atom. The van der Waals surface area contributed by atoms with E-state index in [0.29, 0.717) is 0 Å². The Kier molecular flexibility index (Phi) is 2.50. The first-order valence-electron chi connectivity index (χ1n) is 3.48. The molecular weight excluding hydrogens is 146 g/mol. The lowest BCUT2D eigenvalue weighted by Crippen LogP contribution is -2.11. The standard InChI is InChI=1S/C8H11ClN/c1-2-3-5-8(9)6-4-7-10-8/h4,6-7H,1-3,5H2. The molecule has 1 atom stereocenters. The maximum atomic E-state index is 6.04. The molecule has 0 aromatic carbocycles. The van der Waals surface area contributed by atoms with Crippen molar-refractivity contribution in [2.45, 2.75) is 24.3 Å². The van der Waals surface area contributed by atoms with Gasteiger partial charge in [-0.3, -0.25) is 4.99 Å². The number of nitrogens with zero attached hydrogens (tertiary/aromatic N) is 1. The van der Waals surface area contributed by atoms with Gasteiger partial charge in [0.25, 0.3) is 0 Å². The SMILES string of the molecule is [CH2]CCCC1(Cl)C=CC=N1. The molecule has 55 valence electrons. The second kappa shape index (κ2) is 3.20. The summed E-state index contributed by atoms with van der Waals surface area (Å²) in [5.74, 6) is 0. The number of aliphatic imine (C=N–C) groups is 1. The zero-order valence-electron chi connectivity index (χ0n) is 5.89. The van der Waals surface area contributed by atoms with Crippen molar-refractivity contribution in [1.82, 2.24) is 0 Å². The summed E-state index contributed by atoms with van der Waals surface area (Å²) >= 11 is 6.04. The minimum Gasteiger partial charge on any atom is -0.266 e. The van der Waals surface area contributed by atoms with Gasteiger partial charge in [0.1, 0.15) is 0 Å². The molecule has 1 aliphatic rings. The van der Waals surface area contributed by atoms with Crippen molar-refractivity contribution in [3.8, 4) is 0 Å². The first-order chi connectivity index (χ1) is 4.77. The molecule has 0 N–H and O–H groups in total. The van der Waals surface area contributed by atoms with E-state index in [2.05, 4.69) is 11.9 Å². The molecule has 10 heavy (non-hydrogen) atoms. The fourth-order valence-corrected chi connectivity index (χ4v) is 1.18. The minimum atomic E-state index is -0.433. The van der Waals surface area contributed by atoms with Crippen LogP contribution in [0.1, 0.15) is 19.3 Å². The number of hydrogen-bond acceptors (Lipinski definition) is 1. The normalized spacial score (nSPS) is 29.8. The Bertz CT molecular complexity index is 149. The molecule has 1 aliphatic heterocycles. The van der Waals surface area contributed by atoms with Gasteiger partial charge in [0.2, 0.25) is 0 Å². The lowest BCUT2D eigenvalue weighted by molar-refractivity contribution is 0.631. The van der Waals surface area contributed by atoms with Crippen LogP contribution in [0.25, 0.3) is 0 Å². The Hall–Kier alpha value is -0.300. The third kappa shape index (κ3) is 1.84. The lowest BCUT2D eigenvalue weighted by Gasteiger charge is -2.13. The van der Waals surface area contributed by atoms with E-state index in [9.17, 15) is 0 Å². The van der Waals surface area contributed by atoms with Gasteiger partial charge in [-0.15, -0.1) is 0 Å². The molecule has 2 heteroatoms. The molecule has 1 unspecified atom stereocenters. The second-order valence-corrected chi connectivity index (χ2v) is 3.07. The van der Waals surface area contributed by atoms with Gasteiger partial charge in [0.05, 0.1) is 0 Å². The fraction of sp³-hybridized carbons (Fsp3) is 0.500. The fourth-order valence-electron chi connectivity index (χ4n) is 0.921. The van der Waals surface area contributed by atoms with Gasteiger partial charge < -0.3 is 0 Å². The molecule has 0 bridgehead atoms. The van der Waals surface area contributed by atoms with Crippen LogP contribution in [-0.4, -0.2) is 11.2 Å². The molecule has 0 aromatic heterocycles. The highest BCUT2D eigenvalue weighted by Gasteiger charge is 2.22. The van der Waals surface area contributed by atoms with Gasteiger partial charge in [-0.1, -0.05) is 24.9 Å². The van der Waals surface area contributed by atoms with Crippen molar-refractivity contribution in [2.24, 2.45) is 4.99 Å². The third-order valence-corrected chi connectivity index (χ3v) is 1.92. The highest BCUT2D eigenvalue weighted by molar-refractivity contribution is 6.26. The van der Waals surface area contributed by atoms with E-state index in [0.717, 1.165) is 19.3 Å². The van der Waals surface area contributed by atoms with E-state index >= 15 is 0 Å². The first kappa shape index (κ1) is 7.80. The molecule has 1 radical (unpaired) electrons. The second-order valence-electron chi connectivity index (χ2n) is 2.41. The molecule has 0 saturated carbocycles. The Balaban J connectivity index is 2.38. The number of allylic oxidation sites excluding steroid dienone is 1. The summed E-state index contributed by atoms with van der Waals surface area (Å²) in [7, 11) is 0. The lowest BCUT2D eigenvalue weighted by atomic mass is 10.1. The van der Waals surface area contributed by atoms with Crippen LogP contribution in [0.3, 0.4) is 0 Å². The largest absolute Gasteiger partial charge is 0.266 e. The molecule has 0 saturated heterocycles. The zero-order chi connectivity index (χ0) is 7.45. The molecule has 1 heterocycles. The smallest absolute Gasteiger partial charge is 0.152 e. The summed E-state index contributed by atoms with van der Waals surface area (Å²) in [6.45, 7) is 3.74. The average molecular weight is 157 g/mol. The molecule has 1 nitrogen and oxygen atoms in total. The molecule has 0 amide bonds. The molecule has 1 rings (SSSR count). The molecule has 0 spiro atoms. The van der Waals surface area contributed by atoms with Gasteiger partial charge in [-0.2, -0.15) is 0 Å². The van der Waals surface area contributed by atoms with Crippen molar-refractivity contribution in [1.29, 1.82) is 0 Å². The van der Waals surface area contributed by atoms with Crippen molar-refractivity contribution in [3.05, 3.63) is 19.1 Å². The number of alkyl halides is 1. The maximum Gasteiger partial charge on any atom is 0.152 e. The summed E-state index contributed by atoms with van der Waals surface area (Å²) in [5.41, 5.74) is 0. The van der Waals surface area contributed by atoms with E-state index in [1.165, 1.54) is 0 Å². The monoisotopic (exact) mass is 156 g/mol.